The van der Waals surface area contributed by atoms with Crippen LogP contribution in [-0.4, -0.2) is 35.8 Å². The average molecular weight is 571 g/mol. The van der Waals surface area contributed by atoms with Crippen LogP contribution in [0.15, 0.2) is 82.8 Å². The molecule has 3 N–H and O–H groups in total. The molecule has 4 rings (SSSR count). The zero-order valence-corrected chi connectivity index (χ0v) is 23.9. The van der Waals surface area contributed by atoms with E-state index in [2.05, 4.69) is 47.7 Å². The van der Waals surface area contributed by atoms with Gasteiger partial charge < -0.3 is 28.9 Å². The molecule has 4 aromatic rings. The molecule has 0 radical (unpaired) electrons. The molecule has 10 nitrogen and oxygen atoms in total. The Morgan fingerprint density at radius 3 is 2.43 bits per heavy atom. The third kappa shape index (κ3) is 7.48. The summed E-state index contributed by atoms with van der Waals surface area (Å²) >= 11 is 0. The highest BCUT2D eigenvalue weighted by molar-refractivity contribution is 5.92. The highest BCUT2D eigenvalue weighted by Crippen LogP contribution is 2.33. The number of nitrogens with zero attached hydrogens (tertiary/aromatic N) is 2. The second-order valence-corrected chi connectivity index (χ2v) is 9.39. The van der Waals surface area contributed by atoms with Gasteiger partial charge in [0.1, 0.15) is 18.1 Å². The number of furan rings is 1. The summed E-state index contributed by atoms with van der Waals surface area (Å²) in [5.74, 6) is 0.980. The van der Waals surface area contributed by atoms with Gasteiger partial charge in [0.05, 0.1) is 12.8 Å². The molecule has 2 amide bonds. The average Bonchev–Trinajstić information content (AvgIpc) is 3.58. The molecule has 0 bridgehead atoms. The number of ether oxygens (including phenoxy) is 3. The van der Waals surface area contributed by atoms with Crippen molar-refractivity contribution in [2.24, 2.45) is 10.8 Å². The summed E-state index contributed by atoms with van der Waals surface area (Å²) in [6.07, 6.45) is 3.62. The number of allylic oxidation sites excluding steroid dienone is 1. The fraction of sp³-hybridized carbons (Fsp3) is 0.219. The lowest BCUT2D eigenvalue weighted by molar-refractivity contribution is -0.119. The Bertz CT molecular complexity index is 1560. The summed E-state index contributed by atoms with van der Waals surface area (Å²) in [7, 11) is 0. The molecular weight excluding hydrogens is 536 g/mol. The van der Waals surface area contributed by atoms with Crippen LogP contribution in [0, 0.1) is 13.8 Å². The van der Waals surface area contributed by atoms with Crippen molar-refractivity contribution in [1.29, 1.82) is 0 Å². The van der Waals surface area contributed by atoms with Gasteiger partial charge in [0.2, 0.25) is 0 Å². The third-order valence-electron chi connectivity index (χ3n) is 6.19. The Morgan fingerprint density at radius 2 is 1.76 bits per heavy atom. The highest BCUT2D eigenvalue weighted by Gasteiger charge is 2.15. The summed E-state index contributed by atoms with van der Waals surface area (Å²) in [6.45, 7) is 9.98. The number of hydrazone groups is 1. The van der Waals surface area contributed by atoms with Gasteiger partial charge in [0.25, 0.3) is 5.91 Å². The lowest BCUT2D eigenvalue weighted by Gasteiger charge is -2.15. The number of amides is 2. The molecule has 218 valence electrons. The van der Waals surface area contributed by atoms with Crippen molar-refractivity contribution >= 4 is 18.0 Å². The van der Waals surface area contributed by atoms with Gasteiger partial charge >= 0.3 is 5.91 Å². The van der Waals surface area contributed by atoms with Crippen LogP contribution in [0.1, 0.15) is 45.8 Å². The van der Waals surface area contributed by atoms with Gasteiger partial charge in [-0.1, -0.05) is 6.08 Å². The van der Waals surface area contributed by atoms with E-state index in [4.69, 9.17) is 24.4 Å². The largest absolute Gasteiger partial charge is 0.490 e. The number of rotatable bonds is 14. The molecule has 0 spiro atoms. The molecule has 0 atom stereocenters. The van der Waals surface area contributed by atoms with Crippen LogP contribution >= 0.6 is 0 Å². The van der Waals surface area contributed by atoms with Gasteiger partial charge in [-0.15, -0.1) is 6.58 Å². The van der Waals surface area contributed by atoms with E-state index in [1.165, 1.54) is 6.21 Å². The van der Waals surface area contributed by atoms with Gasteiger partial charge in [-0.3, -0.25) is 9.59 Å². The van der Waals surface area contributed by atoms with Gasteiger partial charge in [0.15, 0.2) is 23.9 Å². The second-order valence-electron chi connectivity index (χ2n) is 9.39. The molecule has 2 aromatic carbocycles. The standard InChI is InChI=1S/C32H34N4O6/c1-5-7-24-16-23(17-29(39-6-2)31(24)41-20-30(33)37)18-34-35-32(38)28-15-14-27(42-28)19-40-26-12-10-25(11-13-26)36-21(3)8-9-22(36)4/h5,8-18H,1,6-7,19-20H2,2-4H3,(H2,33,37)(H,35,38)/b34-18+. The summed E-state index contributed by atoms with van der Waals surface area (Å²) in [4.78, 5) is 23.8. The maximum atomic E-state index is 12.6. The summed E-state index contributed by atoms with van der Waals surface area (Å²) in [5, 5.41) is 4.05. The lowest BCUT2D eigenvalue weighted by atomic mass is 10.1. The molecule has 10 heteroatoms. The fourth-order valence-corrected chi connectivity index (χ4v) is 4.35. The minimum Gasteiger partial charge on any atom is -0.490 e. The van der Waals surface area contributed by atoms with Crippen LogP contribution in [0.25, 0.3) is 5.69 Å². The molecule has 0 fully saturated rings. The molecule has 0 aliphatic carbocycles. The number of aromatic nitrogens is 1. The number of primary amides is 1. The topological polar surface area (TPSA) is 130 Å². The van der Waals surface area contributed by atoms with Crippen molar-refractivity contribution in [1.82, 2.24) is 9.99 Å². The molecule has 42 heavy (non-hydrogen) atoms. The predicted molar refractivity (Wildman–Crippen MR) is 160 cm³/mol. The first-order valence-corrected chi connectivity index (χ1v) is 13.4. The summed E-state index contributed by atoms with van der Waals surface area (Å²) < 4.78 is 24.9. The number of aryl methyl sites for hydroxylation is 2. The highest BCUT2D eigenvalue weighted by atomic mass is 16.5. The van der Waals surface area contributed by atoms with Crippen molar-refractivity contribution in [3.05, 3.63) is 107 Å². The molecule has 2 heterocycles. The van der Waals surface area contributed by atoms with Gasteiger partial charge in [-0.2, -0.15) is 5.10 Å². The van der Waals surface area contributed by atoms with Crippen LogP contribution in [0.2, 0.25) is 0 Å². The van der Waals surface area contributed by atoms with E-state index in [1.54, 1.807) is 30.3 Å². The van der Waals surface area contributed by atoms with Crippen LogP contribution in [0.5, 0.6) is 17.2 Å². The van der Waals surface area contributed by atoms with E-state index in [0.29, 0.717) is 41.6 Å². The maximum Gasteiger partial charge on any atom is 0.307 e. The Hall–Kier alpha value is -5.25. The van der Waals surface area contributed by atoms with Gasteiger partial charge in [0, 0.05) is 22.6 Å². The first kappa shape index (κ1) is 29.7. The van der Waals surface area contributed by atoms with Crippen molar-refractivity contribution in [2.45, 2.75) is 33.8 Å². The van der Waals surface area contributed by atoms with E-state index in [9.17, 15) is 9.59 Å². The van der Waals surface area contributed by atoms with E-state index < -0.39 is 11.8 Å². The predicted octanol–water partition coefficient (Wildman–Crippen LogP) is 5.02. The Balaban J connectivity index is 1.36. The summed E-state index contributed by atoms with van der Waals surface area (Å²) in [6, 6.07) is 18.7. The third-order valence-corrected chi connectivity index (χ3v) is 6.19. The minimum atomic E-state index is -0.601. The van der Waals surface area contributed by atoms with E-state index in [-0.39, 0.29) is 19.0 Å². The van der Waals surface area contributed by atoms with E-state index >= 15 is 0 Å². The Kier molecular flexibility index (Phi) is 9.83. The Labute approximate surface area is 244 Å². The van der Waals surface area contributed by atoms with Crippen LogP contribution < -0.4 is 25.4 Å². The first-order valence-electron chi connectivity index (χ1n) is 13.4. The van der Waals surface area contributed by atoms with Crippen molar-refractivity contribution in [3.8, 4) is 22.9 Å². The van der Waals surface area contributed by atoms with Crippen molar-refractivity contribution in [2.75, 3.05) is 13.2 Å². The fourth-order valence-electron chi connectivity index (χ4n) is 4.35. The minimum absolute atomic E-state index is 0.0946. The molecule has 0 unspecified atom stereocenters. The van der Waals surface area contributed by atoms with Gasteiger partial charge in [-0.25, -0.2) is 5.43 Å². The number of hydrogen-bond acceptors (Lipinski definition) is 7. The number of carbonyl (C=O) groups is 2. The number of nitrogens with one attached hydrogen (secondary N) is 1. The first-order chi connectivity index (χ1) is 20.3. The SMILES string of the molecule is C=CCc1cc(/C=N/NC(=O)c2ccc(COc3ccc(-n4c(C)ccc4C)cc3)o2)cc(OCC)c1OCC(N)=O. The van der Waals surface area contributed by atoms with Crippen LogP contribution in [-0.2, 0) is 17.8 Å². The second kappa shape index (κ2) is 13.9. The lowest BCUT2D eigenvalue weighted by Crippen LogP contribution is -2.21. The van der Waals surface area contributed by atoms with Gasteiger partial charge in [-0.05, 0) is 93.4 Å². The molecular formula is C32H34N4O6. The number of benzene rings is 2. The molecule has 2 aromatic heterocycles. The smallest absolute Gasteiger partial charge is 0.307 e. The van der Waals surface area contributed by atoms with Crippen LogP contribution in [0.3, 0.4) is 0 Å². The van der Waals surface area contributed by atoms with Crippen LogP contribution in [0.4, 0.5) is 0 Å². The maximum absolute atomic E-state index is 12.6. The molecule has 0 aliphatic heterocycles. The monoisotopic (exact) mass is 570 g/mol. The molecule has 0 aliphatic rings. The van der Waals surface area contributed by atoms with Crippen molar-refractivity contribution < 1.29 is 28.2 Å². The molecule has 0 saturated heterocycles. The summed E-state index contributed by atoms with van der Waals surface area (Å²) in [5.41, 5.74) is 12.4. The normalized spacial score (nSPS) is 10.9. The van der Waals surface area contributed by atoms with Crippen molar-refractivity contribution in [3.63, 3.8) is 0 Å². The number of carbonyl (C=O) groups excluding carboxylic acids is 2. The Morgan fingerprint density at radius 1 is 1.02 bits per heavy atom. The quantitative estimate of drug-likeness (QED) is 0.124. The number of nitrogens with two attached hydrogens (primary N) is 1. The zero-order valence-electron chi connectivity index (χ0n) is 23.9. The van der Waals surface area contributed by atoms with E-state index in [0.717, 1.165) is 22.6 Å². The number of hydrogen-bond donors (Lipinski definition) is 2. The molecule has 0 saturated carbocycles. The van der Waals surface area contributed by atoms with E-state index in [1.807, 2.05) is 31.2 Å². The zero-order chi connectivity index (χ0) is 30.1.